The Bertz CT molecular complexity index is 437. The van der Waals surface area contributed by atoms with Crippen LogP contribution in [0.2, 0.25) is 0 Å². The van der Waals surface area contributed by atoms with Gasteiger partial charge in [0, 0.05) is 15.5 Å². The minimum atomic E-state index is -0.266. The Hall–Kier alpha value is -0.390. The van der Waals surface area contributed by atoms with Gasteiger partial charge in [0.1, 0.15) is 6.04 Å². The highest BCUT2D eigenvalue weighted by molar-refractivity contribution is 9.13. The summed E-state index contributed by atoms with van der Waals surface area (Å²) in [7, 11) is 1.43. The molecule has 0 aliphatic rings. The lowest BCUT2D eigenvalue weighted by molar-refractivity contribution is -0.144. The van der Waals surface area contributed by atoms with Crippen molar-refractivity contribution in [3.05, 3.63) is 32.7 Å². The van der Waals surface area contributed by atoms with Gasteiger partial charge in [-0.3, -0.25) is 4.79 Å². The Morgan fingerprint density at radius 1 is 1.37 bits per heavy atom. The van der Waals surface area contributed by atoms with Gasteiger partial charge >= 0.3 is 5.97 Å². The second kappa shape index (κ2) is 8.02. The minimum absolute atomic E-state index is 0.203. The number of benzene rings is 1. The molecule has 2 unspecified atom stereocenters. The zero-order chi connectivity index (χ0) is 14.4. The topological polar surface area (TPSA) is 38.3 Å². The first-order valence-electron chi connectivity index (χ1n) is 6.24. The molecule has 106 valence electrons. The molecular formula is C14H19Br2NO2. The first-order chi connectivity index (χ1) is 8.99. The zero-order valence-electron chi connectivity index (χ0n) is 11.4. The summed E-state index contributed by atoms with van der Waals surface area (Å²) in [5, 5.41) is 3.27. The van der Waals surface area contributed by atoms with Crippen LogP contribution in [-0.4, -0.2) is 19.1 Å². The van der Waals surface area contributed by atoms with Gasteiger partial charge in [0.05, 0.1) is 7.11 Å². The van der Waals surface area contributed by atoms with E-state index in [0.717, 1.165) is 20.9 Å². The number of hydrogen-bond acceptors (Lipinski definition) is 3. The van der Waals surface area contributed by atoms with Gasteiger partial charge in [-0.25, -0.2) is 0 Å². The summed E-state index contributed by atoms with van der Waals surface area (Å²) in [5.41, 5.74) is 1.12. The molecule has 0 saturated carbocycles. The van der Waals surface area contributed by atoms with E-state index in [1.807, 2.05) is 25.1 Å². The van der Waals surface area contributed by atoms with Crippen LogP contribution in [0.25, 0.3) is 0 Å². The number of halogens is 2. The summed E-state index contributed by atoms with van der Waals surface area (Å²) < 4.78 is 6.87. The second-order valence-electron chi connectivity index (χ2n) is 4.52. The number of hydrogen-bond donors (Lipinski definition) is 1. The lowest BCUT2D eigenvalue weighted by Gasteiger charge is -2.22. The molecular weight excluding hydrogens is 374 g/mol. The van der Waals surface area contributed by atoms with Crippen molar-refractivity contribution in [3.8, 4) is 0 Å². The quantitative estimate of drug-likeness (QED) is 0.746. The molecule has 0 aliphatic carbocycles. The number of esters is 1. The Morgan fingerprint density at radius 2 is 2.05 bits per heavy atom. The average Bonchev–Trinajstić information content (AvgIpc) is 2.42. The third kappa shape index (κ3) is 4.89. The number of methoxy groups -OCH3 is 1. The largest absolute Gasteiger partial charge is 0.468 e. The van der Waals surface area contributed by atoms with E-state index < -0.39 is 0 Å². The fraction of sp³-hybridized carbons (Fsp3) is 0.500. The normalized spacial score (nSPS) is 13.9. The fourth-order valence-electron chi connectivity index (χ4n) is 1.76. The molecule has 0 fully saturated rings. The monoisotopic (exact) mass is 391 g/mol. The van der Waals surface area contributed by atoms with Crippen molar-refractivity contribution in [2.24, 2.45) is 5.92 Å². The van der Waals surface area contributed by atoms with Crippen molar-refractivity contribution in [1.29, 1.82) is 0 Å². The lowest BCUT2D eigenvalue weighted by Crippen LogP contribution is -2.42. The van der Waals surface area contributed by atoms with Crippen LogP contribution < -0.4 is 5.32 Å². The molecule has 0 spiro atoms. The lowest BCUT2D eigenvalue weighted by atomic mass is 9.99. The Kier molecular flexibility index (Phi) is 7.04. The van der Waals surface area contributed by atoms with Gasteiger partial charge in [0.2, 0.25) is 0 Å². The van der Waals surface area contributed by atoms with Crippen LogP contribution >= 0.6 is 31.9 Å². The van der Waals surface area contributed by atoms with Gasteiger partial charge in [0.15, 0.2) is 0 Å². The molecule has 1 rings (SSSR count). The van der Waals surface area contributed by atoms with Gasteiger partial charge < -0.3 is 10.1 Å². The van der Waals surface area contributed by atoms with E-state index in [4.69, 9.17) is 4.74 Å². The van der Waals surface area contributed by atoms with Crippen LogP contribution in [-0.2, 0) is 16.1 Å². The fourth-order valence-corrected chi connectivity index (χ4v) is 2.43. The van der Waals surface area contributed by atoms with E-state index in [2.05, 4.69) is 44.1 Å². The molecule has 19 heavy (non-hydrogen) atoms. The smallest absolute Gasteiger partial charge is 0.323 e. The molecule has 0 aliphatic heterocycles. The van der Waals surface area contributed by atoms with Crippen LogP contribution in [0.1, 0.15) is 25.8 Å². The molecule has 0 heterocycles. The molecule has 1 aromatic rings. The third-order valence-corrected chi connectivity index (χ3v) is 5.06. The summed E-state index contributed by atoms with van der Waals surface area (Å²) in [6.45, 7) is 4.75. The highest BCUT2D eigenvalue weighted by Crippen LogP contribution is 2.24. The number of rotatable bonds is 6. The van der Waals surface area contributed by atoms with Crippen LogP contribution in [0.5, 0.6) is 0 Å². The predicted molar refractivity (Wildman–Crippen MR) is 83.9 cm³/mol. The third-order valence-electron chi connectivity index (χ3n) is 3.18. The number of ether oxygens (including phenoxy) is 1. The molecule has 1 N–H and O–H groups in total. The van der Waals surface area contributed by atoms with E-state index in [0.29, 0.717) is 6.54 Å². The highest BCUT2D eigenvalue weighted by atomic mass is 79.9. The summed E-state index contributed by atoms with van der Waals surface area (Å²) in [6.07, 6.45) is 0.927. The van der Waals surface area contributed by atoms with Gasteiger partial charge in [-0.15, -0.1) is 0 Å². The highest BCUT2D eigenvalue weighted by Gasteiger charge is 2.24. The minimum Gasteiger partial charge on any atom is -0.468 e. The number of carbonyl (C=O) groups is 1. The second-order valence-corrected chi connectivity index (χ2v) is 6.22. The maximum absolute atomic E-state index is 11.8. The molecule has 2 atom stereocenters. The Labute approximate surface area is 131 Å². The molecule has 0 bridgehead atoms. The first kappa shape index (κ1) is 16.7. The van der Waals surface area contributed by atoms with Gasteiger partial charge in [0.25, 0.3) is 0 Å². The average molecular weight is 393 g/mol. The molecule has 3 nitrogen and oxygen atoms in total. The predicted octanol–water partition coefficient (Wildman–Crippen LogP) is 3.89. The van der Waals surface area contributed by atoms with Crippen molar-refractivity contribution < 1.29 is 9.53 Å². The van der Waals surface area contributed by atoms with Gasteiger partial charge in [-0.2, -0.15) is 0 Å². The maximum Gasteiger partial charge on any atom is 0.323 e. The van der Waals surface area contributed by atoms with Gasteiger partial charge in [-0.1, -0.05) is 26.3 Å². The van der Waals surface area contributed by atoms with E-state index in [1.54, 1.807) is 0 Å². The summed E-state index contributed by atoms with van der Waals surface area (Å²) in [6, 6.07) is 5.77. The molecule has 1 aromatic carbocycles. The standard InChI is InChI=1S/C14H19Br2NO2/c1-4-9(2)13(14(18)19-3)17-8-10-5-6-11(15)12(16)7-10/h5-7,9,13,17H,4,8H2,1-3H3. The SMILES string of the molecule is CCC(C)C(NCc1ccc(Br)c(Br)c1)C(=O)OC. The van der Waals surface area contributed by atoms with Crippen LogP contribution in [0, 0.1) is 5.92 Å². The van der Waals surface area contributed by atoms with Crippen LogP contribution in [0.3, 0.4) is 0 Å². The zero-order valence-corrected chi connectivity index (χ0v) is 14.5. The van der Waals surface area contributed by atoms with E-state index in [9.17, 15) is 4.79 Å². The summed E-state index contributed by atoms with van der Waals surface area (Å²) in [4.78, 5) is 11.8. The van der Waals surface area contributed by atoms with Gasteiger partial charge in [-0.05, 0) is 55.5 Å². The van der Waals surface area contributed by atoms with Crippen molar-refractivity contribution >= 4 is 37.8 Å². The van der Waals surface area contributed by atoms with Crippen LogP contribution in [0.4, 0.5) is 0 Å². The van der Waals surface area contributed by atoms with Crippen LogP contribution in [0.15, 0.2) is 27.1 Å². The van der Waals surface area contributed by atoms with Crippen molar-refractivity contribution in [2.45, 2.75) is 32.9 Å². The number of nitrogens with one attached hydrogen (secondary N) is 1. The number of carbonyl (C=O) groups excluding carboxylic acids is 1. The maximum atomic E-state index is 11.8. The molecule has 0 saturated heterocycles. The van der Waals surface area contributed by atoms with Crippen molar-refractivity contribution in [1.82, 2.24) is 5.32 Å². The molecule has 0 amide bonds. The van der Waals surface area contributed by atoms with Crippen molar-refractivity contribution in [2.75, 3.05) is 7.11 Å². The summed E-state index contributed by atoms with van der Waals surface area (Å²) >= 11 is 6.91. The molecule has 0 aromatic heterocycles. The molecule has 0 radical (unpaired) electrons. The Morgan fingerprint density at radius 3 is 2.58 bits per heavy atom. The van der Waals surface area contributed by atoms with E-state index >= 15 is 0 Å². The van der Waals surface area contributed by atoms with Crippen molar-refractivity contribution in [3.63, 3.8) is 0 Å². The summed E-state index contributed by atoms with van der Waals surface area (Å²) in [5.74, 6) is 0.0388. The Balaban J connectivity index is 2.70. The molecule has 5 heteroatoms. The van der Waals surface area contributed by atoms with E-state index in [1.165, 1.54) is 7.11 Å². The first-order valence-corrected chi connectivity index (χ1v) is 7.83. The van der Waals surface area contributed by atoms with E-state index in [-0.39, 0.29) is 17.9 Å².